The minimum atomic E-state index is 0.563. The Morgan fingerprint density at radius 3 is 2.38 bits per heavy atom. The number of aromatic nitrogens is 2. The molecule has 104 valence electrons. The molecule has 0 fully saturated rings. The second kappa shape index (κ2) is 5.66. The molecule has 3 rings (SSSR count). The zero-order chi connectivity index (χ0) is 14.8. The molecule has 0 spiro atoms. The van der Waals surface area contributed by atoms with E-state index in [2.05, 4.69) is 21.0 Å². The van der Waals surface area contributed by atoms with Crippen molar-refractivity contribution in [1.82, 2.24) is 9.78 Å². The Morgan fingerprint density at radius 1 is 1.05 bits per heavy atom. The van der Waals surface area contributed by atoms with Gasteiger partial charge in [-0.2, -0.15) is 5.10 Å². The highest BCUT2D eigenvalue weighted by molar-refractivity contribution is 9.10. The van der Waals surface area contributed by atoms with Gasteiger partial charge in [0.1, 0.15) is 10.3 Å². The van der Waals surface area contributed by atoms with Crippen LogP contribution in [0.4, 0.5) is 0 Å². The zero-order valence-corrected chi connectivity index (χ0v) is 13.0. The summed E-state index contributed by atoms with van der Waals surface area (Å²) in [7, 11) is 0. The van der Waals surface area contributed by atoms with Gasteiger partial charge in [-0.15, -0.1) is 0 Å². The first kappa shape index (κ1) is 13.8. The number of rotatable bonds is 3. The zero-order valence-electron chi connectivity index (χ0n) is 11.5. The van der Waals surface area contributed by atoms with Gasteiger partial charge in [0.15, 0.2) is 6.29 Å². The van der Waals surface area contributed by atoms with Crippen LogP contribution < -0.4 is 0 Å². The van der Waals surface area contributed by atoms with Gasteiger partial charge in [0.05, 0.1) is 11.3 Å². The molecule has 3 aromatic rings. The van der Waals surface area contributed by atoms with Crippen molar-refractivity contribution < 1.29 is 4.79 Å². The summed E-state index contributed by atoms with van der Waals surface area (Å²) < 4.78 is 2.41. The summed E-state index contributed by atoms with van der Waals surface area (Å²) in [5.74, 6) is 0. The van der Waals surface area contributed by atoms with Crippen LogP contribution in [0.3, 0.4) is 0 Å². The average Bonchev–Trinajstić information content (AvgIpc) is 2.85. The molecule has 0 unspecified atom stereocenters. The number of halogens is 1. The number of aryl methyl sites for hydroxylation is 1. The Kier molecular flexibility index (Phi) is 3.71. The Hall–Kier alpha value is -2.20. The van der Waals surface area contributed by atoms with E-state index in [1.807, 2.05) is 61.5 Å². The van der Waals surface area contributed by atoms with Crippen LogP contribution in [0.5, 0.6) is 0 Å². The van der Waals surface area contributed by atoms with E-state index in [1.165, 1.54) is 0 Å². The molecule has 1 heterocycles. The Bertz CT molecular complexity index is 794. The smallest absolute Gasteiger partial charge is 0.155 e. The monoisotopic (exact) mass is 340 g/mol. The highest BCUT2D eigenvalue weighted by Crippen LogP contribution is 2.31. The predicted molar refractivity (Wildman–Crippen MR) is 86.8 cm³/mol. The van der Waals surface area contributed by atoms with Crippen molar-refractivity contribution in [2.75, 3.05) is 0 Å². The minimum Gasteiger partial charge on any atom is -0.298 e. The molecule has 0 amide bonds. The van der Waals surface area contributed by atoms with E-state index in [1.54, 1.807) is 4.68 Å². The summed E-state index contributed by atoms with van der Waals surface area (Å²) in [6, 6.07) is 17.7. The summed E-state index contributed by atoms with van der Waals surface area (Å²) in [4.78, 5) is 11.5. The standard InChI is InChI=1S/C17H13BrN2O/c1-12-7-5-6-10-14(12)16-15(11-21)17(18)20(19-16)13-8-3-2-4-9-13/h2-11H,1H3. The highest BCUT2D eigenvalue weighted by Gasteiger charge is 2.18. The quantitative estimate of drug-likeness (QED) is 0.661. The lowest BCUT2D eigenvalue weighted by molar-refractivity contribution is 0.112. The van der Waals surface area contributed by atoms with Crippen molar-refractivity contribution >= 4 is 22.2 Å². The second-order valence-electron chi connectivity index (χ2n) is 4.73. The van der Waals surface area contributed by atoms with Crippen LogP contribution in [0.25, 0.3) is 16.9 Å². The number of para-hydroxylation sites is 1. The van der Waals surface area contributed by atoms with Gasteiger partial charge in [-0.1, -0.05) is 42.5 Å². The van der Waals surface area contributed by atoms with Crippen LogP contribution in [0.1, 0.15) is 15.9 Å². The molecular weight excluding hydrogens is 328 g/mol. The van der Waals surface area contributed by atoms with Crippen LogP contribution in [-0.4, -0.2) is 16.1 Å². The van der Waals surface area contributed by atoms with Gasteiger partial charge < -0.3 is 0 Å². The molecule has 0 atom stereocenters. The van der Waals surface area contributed by atoms with E-state index in [0.717, 1.165) is 23.1 Å². The fourth-order valence-corrected chi connectivity index (χ4v) is 2.86. The van der Waals surface area contributed by atoms with Gasteiger partial charge >= 0.3 is 0 Å². The van der Waals surface area contributed by atoms with E-state index in [4.69, 9.17) is 0 Å². The van der Waals surface area contributed by atoms with Crippen LogP contribution in [0, 0.1) is 6.92 Å². The van der Waals surface area contributed by atoms with Crippen molar-refractivity contribution in [3.05, 3.63) is 70.3 Å². The van der Waals surface area contributed by atoms with Crippen LogP contribution in [0.15, 0.2) is 59.2 Å². The van der Waals surface area contributed by atoms with Gasteiger partial charge in [-0.05, 0) is 40.5 Å². The maximum Gasteiger partial charge on any atom is 0.155 e. The third-order valence-corrected chi connectivity index (χ3v) is 4.15. The van der Waals surface area contributed by atoms with E-state index >= 15 is 0 Å². The van der Waals surface area contributed by atoms with Crippen molar-refractivity contribution in [2.45, 2.75) is 6.92 Å². The van der Waals surface area contributed by atoms with E-state index in [0.29, 0.717) is 15.9 Å². The Morgan fingerprint density at radius 2 is 1.71 bits per heavy atom. The normalized spacial score (nSPS) is 10.6. The molecule has 0 aliphatic carbocycles. The lowest BCUT2D eigenvalue weighted by atomic mass is 10.0. The van der Waals surface area contributed by atoms with Crippen LogP contribution in [-0.2, 0) is 0 Å². The van der Waals surface area contributed by atoms with Gasteiger partial charge in [0.2, 0.25) is 0 Å². The largest absolute Gasteiger partial charge is 0.298 e. The van der Waals surface area contributed by atoms with Crippen LogP contribution in [0.2, 0.25) is 0 Å². The molecule has 1 aromatic heterocycles. The molecule has 0 bridgehead atoms. The average molecular weight is 341 g/mol. The molecule has 0 radical (unpaired) electrons. The lowest BCUT2D eigenvalue weighted by Crippen LogP contribution is -1.96. The van der Waals surface area contributed by atoms with Gasteiger partial charge in [-0.25, -0.2) is 4.68 Å². The second-order valence-corrected chi connectivity index (χ2v) is 5.48. The third-order valence-electron chi connectivity index (χ3n) is 3.38. The first-order chi connectivity index (χ1) is 10.2. The molecule has 0 N–H and O–H groups in total. The number of hydrogen-bond acceptors (Lipinski definition) is 2. The SMILES string of the molecule is Cc1ccccc1-c1nn(-c2ccccc2)c(Br)c1C=O. The summed E-state index contributed by atoms with van der Waals surface area (Å²) in [5, 5.41) is 4.62. The minimum absolute atomic E-state index is 0.563. The number of benzene rings is 2. The maximum absolute atomic E-state index is 11.5. The fraction of sp³-hybridized carbons (Fsp3) is 0.0588. The summed E-state index contributed by atoms with van der Waals surface area (Å²) in [6.45, 7) is 2.01. The number of carbonyl (C=O) groups is 1. The van der Waals surface area contributed by atoms with E-state index in [-0.39, 0.29) is 0 Å². The third kappa shape index (κ3) is 2.43. The van der Waals surface area contributed by atoms with Gasteiger partial charge in [-0.3, -0.25) is 4.79 Å². The van der Waals surface area contributed by atoms with E-state index < -0.39 is 0 Å². The number of carbonyl (C=O) groups excluding carboxylic acids is 1. The molecular formula is C17H13BrN2O. The Balaban J connectivity index is 2.24. The highest BCUT2D eigenvalue weighted by atomic mass is 79.9. The van der Waals surface area contributed by atoms with Gasteiger partial charge in [0.25, 0.3) is 0 Å². The molecule has 0 saturated heterocycles. The molecule has 4 heteroatoms. The topological polar surface area (TPSA) is 34.9 Å². The number of nitrogens with zero attached hydrogens (tertiary/aromatic N) is 2. The Labute approximate surface area is 131 Å². The predicted octanol–water partition coefficient (Wildman–Crippen LogP) is 4.42. The first-order valence-electron chi connectivity index (χ1n) is 6.57. The van der Waals surface area contributed by atoms with Crippen molar-refractivity contribution in [2.24, 2.45) is 0 Å². The van der Waals surface area contributed by atoms with Crippen molar-refractivity contribution in [1.29, 1.82) is 0 Å². The molecule has 0 saturated carbocycles. The van der Waals surface area contributed by atoms with Crippen molar-refractivity contribution in [3.8, 4) is 16.9 Å². The maximum atomic E-state index is 11.5. The molecule has 3 nitrogen and oxygen atoms in total. The van der Waals surface area contributed by atoms with Gasteiger partial charge in [0, 0.05) is 5.56 Å². The molecule has 2 aromatic carbocycles. The molecule has 0 aliphatic heterocycles. The molecule has 21 heavy (non-hydrogen) atoms. The lowest BCUT2D eigenvalue weighted by Gasteiger charge is -2.03. The van der Waals surface area contributed by atoms with Crippen LogP contribution >= 0.6 is 15.9 Å². The van der Waals surface area contributed by atoms with E-state index in [9.17, 15) is 4.79 Å². The summed E-state index contributed by atoms with van der Waals surface area (Å²) in [5.41, 5.74) is 4.22. The summed E-state index contributed by atoms with van der Waals surface area (Å²) >= 11 is 3.49. The van der Waals surface area contributed by atoms with Crippen molar-refractivity contribution in [3.63, 3.8) is 0 Å². The first-order valence-corrected chi connectivity index (χ1v) is 7.37. The summed E-state index contributed by atoms with van der Waals surface area (Å²) in [6.07, 6.45) is 0.846. The molecule has 0 aliphatic rings. The number of hydrogen-bond donors (Lipinski definition) is 0. The fourth-order valence-electron chi connectivity index (χ4n) is 2.29. The number of aldehydes is 1.